The van der Waals surface area contributed by atoms with Crippen molar-refractivity contribution in [2.75, 3.05) is 4.90 Å². The highest BCUT2D eigenvalue weighted by Gasteiger charge is 2.52. The summed E-state index contributed by atoms with van der Waals surface area (Å²) in [7, 11) is 0. The number of benzene rings is 9. The van der Waals surface area contributed by atoms with Gasteiger partial charge in [-0.25, -0.2) is 0 Å². The summed E-state index contributed by atoms with van der Waals surface area (Å²) in [5.41, 5.74) is 13.7. The molecule has 9 aromatic rings. The fourth-order valence-corrected chi connectivity index (χ4v) is 9.79. The van der Waals surface area contributed by atoms with Crippen LogP contribution in [0.1, 0.15) is 22.3 Å². The predicted molar refractivity (Wildman–Crippen MR) is 223 cm³/mol. The first kappa shape index (κ1) is 29.1. The van der Waals surface area contributed by atoms with Crippen LogP contribution in [0.25, 0.3) is 54.6 Å². The molecule has 0 amide bonds. The summed E-state index contributed by atoms with van der Waals surface area (Å²) in [5.74, 6) is 0. The summed E-state index contributed by atoms with van der Waals surface area (Å²) in [4.78, 5) is 2.53. The summed E-state index contributed by atoms with van der Waals surface area (Å²) < 4.78 is 1.22. The normalized spacial score (nSPS) is 13.4. The lowest BCUT2D eigenvalue weighted by Gasteiger charge is -2.32. The molecule has 0 N–H and O–H groups in total. The smallest absolute Gasteiger partial charge is 0.0726 e. The standard InChI is InChI=1S/C49H30IN/c50-31-27-29-32(30-28-31)51(45-25-11-20-39-35-14-2-1-13-33(35)34-15-3-4-18-38(34)47(39)45)46-26-12-24-44-48(46)40-19-7-10-23-43(40)49(44)41-21-8-5-16-36(41)37-17-6-9-22-42(37)49/h1-30H. The van der Waals surface area contributed by atoms with Crippen LogP contribution in [0.15, 0.2) is 182 Å². The fraction of sp³-hybridized carbons (Fsp3) is 0.0204. The predicted octanol–water partition coefficient (Wildman–Crippen LogP) is 13.6. The molecule has 0 aliphatic heterocycles. The molecule has 2 aliphatic rings. The van der Waals surface area contributed by atoms with E-state index in [2.05, 4.69) is 209 Å². The van der Waals surface area contributed by atoms with E-state index in [0.717, 1.165) is 5.69 Å². The van der Waals surface area contributed by atoms with Crippen molar-refractivity contribution in [1.82, 2.24) is 0 Å². The molecule has 0 heterocycles. The van der Waals surface area contributed by atoms with Gasteiger partial charge in [0.1, 0.15) is 0 Å². The van der Waals surface area contributed by atoms with Crippen LogP contribution in [0, 0.1) is 3.57 Å². The SMILES string of the molecule is Ic1ccc(N(c2cccc3c2-c2ccccc2C32c3ccccc3-c3ccccc32)c2cccc3c4ccccc4c4ccccc4c23)cc1. The summed E-state index contributed by atoms with van der Waals surface area (Å²) in [6.45, 7) is 0. The van der Waals surface area contributed by atoms with E-state index in [0.29, 0.717) is 0 Å². The second-order valence-electron chi connectivity index (χ2n) is 13.7. The fourth-order valence-electron chi connectivity index (χ4n) is 9.43. The van der Waals surface area contributed by atoms with Crippen LogP contribution in [0.4, 0.5) is 17.1 Å². The van der Waals surface area contributed by atoms with Crippen LogP contribution in [0.5, 0.6) is 0 Å². The monoisotopic (exact) mass is 759 g/mol. The molecular formula is C49H30IN. The van der Waals surface area contributed by atoms with Crippen LogP contribution < -0.4 is 4.90 Å². The summed E-state index contributed by atoms with van der Waals surface area (Å²) >= 11 is 2.42. The van der Waals surface area contributed by atoms with E-state index in [1.807, 2.05) is 0 Å². The van der Waals surface area contributed by atoms with Gasteiger partial charge in [-0.05, 0) is 125 Å². The van der Waals surface area contributed by atoms with Crippen LogP contribution in [0.3, 0.4) is 0 Å². The van der Waals surface area contributed by atoms with E-state index in [1.165, 1.54) is 91.8 Å². The number of fused-ring (bicyclic) bond motifs is 16. The van der Waals surface area contributed by atoms with E-state index in [1.54, 1.807) is 0 Å². The quantitative estimate of drug-likeness (QED) is 0.128. The second-order valence-corrected chi connectivity index (χ2v) is 14.9. The molecule has 0 radical (unpaired) electrons. The number of halogens is 1. The Hall–Kier alpha value is -5.71. The number of anilines is 3. The Morgan fingerprint density at radius 3 is 1.41 bits per heavy atom. The molecule has 0 saturated carbocycles. The summed E-state index contributed by atoms with van der Waals surface area (Å²) in [6, 6.07) is 67.9. The summed E-state index contributed by atoms with van der Waals surface area (Å²) in [6.07, 6.45) is 0. The highest BCUT2D eigenvalue weighted by atomic mass is 127. The second kappa shape index (κ2) is 10.9. The van der Waals surface area contributed by atoms with Crippen molar-refractivity contribution < 1.29 is 0 Å². The molecule has 2 aliphatic carbocycles. The zero-order valence-corrected chi connectivity index (χ0v) is 29.8. The van der Waals surface area contributed by atoms with Gasteiger partial charge in [-0.2, -0.15) is 0 Å². The number of nitrogens with zero attached hydrogens (tertiary/aromatic N) is 1. The molecule has 0 unspecified atom stereocenters. The molecule has 0 bridgehead atoms. The maximum Gasteiger partial charge on any atom is 0.0726 e. The Bertz CT molecular complexity index is 2790. The molecular weight excluding hydrogens is 729 g/mol. The van der Waals surface area contributed by atoms with Gasteiger partial charge in [-0.3, -0.25) is 0 Å². The third-order valence-electron chi connectivity index (χ3n) is 11.3. The molecule has 11 rings (SSSR count). The molecule has 0 atom stereocenters. The average Bonchev–Trinajstić information content (AvgIpc) is 3.67. The summed E-state index contributed by atoms with van der Waals surface area (Å²) in [5, 5.41) is 7.63. The molecule has 1 spiro atoms. The molecule has 9 aromatic carbocycles. The molecule has 1 nitrogen and oxygen atoms in total. The highest BCUT2D eigenvalue weighted by Crippen LogP contribution is 2.64. The van der Waals surface area contributed by atoms with E-state index < -0.39 is 5.41 Å². The number of hydrogen-bond donors (Lipinski definition) is 0. The van der Waals surface area contributed by atoms with E-state index in [4.69, 9.17) is 0 Å². The number of rotatable bonds is 3. The lowest BCUT2D eigenvalue weighted by Crippen LogP contribution is -2.26. The van der Waals surface area contributed by atoms with Gasteiger partial charge in [-0.15, -0.1) is 0 Å². The third-order valence-corrected chi connectivity index (χ3v) is 12.0. The van der Waals surface area contributed by atoms with Gasteiger partial charge in [-0.1, -0.05) is 146 Å². The molecule has 2 heteroatoms. The largest absolute Gasteiger partial charge is 0.309 e. The molecule has 238 valence electrons. The van der Waals surface area contributed by atoms with Crippen LogP contribution in [-0.4, -0.2) is 0 Å². The first-order chi connectivity index (χ1) is 25.2. The first-order valence-electron chi connectivity index (χ1n) is 17.6. The average molecular weight is 760 g/mol. The van der Waals surface area contributed by atoms with Gasteiger partial charge in [0, 0.05) is 20.2 Å². The van der Waals surface area contributed by atoms with Crippen molar-refractivity contribution in [3.8, 4) is 22.3 Å². The Kier molecular flexibility index (Phi) is 6.21. The van der Waals surface area contributed by atoms with Gasteiger partial charge < -0.3 is 4.90 Å². The zero-order valence-electron chi connectivity index (χ0n) is 27.6. The maximum absolute atomic E-state index is 2.53. The minimum Gasteiger partial charge on any atom is -0.309 e. The van der Waals surface area contributed by atoms with Crippen molar-refractivity contribution >= 4 is 72.0 Å². The number of hydrogen-bond acceptors (Lipinski definition) is 1. The molecule has 0 saturated heterocycles. The van der Waals surface area contributed by atoms with Crippen molar-refractivity contribution in [3.63, 3.8) is 0 Å². The maximum atomic E-state index is 2.53. The zero-order chi connectivity index (χ0) is 33.7. The van der Waals surface area contributed by atoms with Gasteiger partial charge in [0.15, 0.2) is 0 Å². The minimum atomic E-state index is -0.408. The Balaban J connectivity index is 1.29. The van der Waals surface area contributed by atoms with Gasteiger partial charge >= 0.3 is 0 Å². The van der Waals surface area contributed by atoms with Crippen molar-refractivity contribution in [2.45, 2.75) is 5.41 Å². The van der Waals surface area contributed by atoms with Gasteiger partial charge in [0.05, 0.1) is 16.8 Å². The van der Waals surface area contributed by atoms with Crippen LogP contribution in [-0.2, 0) is 5.41 Å². The van der Waals surface area contributed by atoms with Crippen LogP contribution >= 0.6 is 22.6 Å². The topological polar surface area (TPSA) is 3.24 Å². The van der Waals surface area contributed by atoms with E-state index >= 15 is 0 Å². The lowest BCUT2D eigenvalue weighted by molar-refractivity contribution is 0.794. The van der Waals surface area contributed by atoms with Crippen molar-refractivity contribution in [1.29, 1.82) is 0 Å². The Morgan fingerprint density at radius 1 is 0.353 bits per heavy atom. The molecule has 0 fully saturated rings. The third kappa shape index (κ3) is 3.86. The van der Waals surface area contributed by atoms with Crippen molar-refractivity contribution in [3.05, 3.63) is 208 Å². The first-order valence-corrected chi connectivity index (χ1v) is 18.6. The van der Waals surface area contributed by atoms with E-state index in [-0.39, 0.29) is 0 Å². The van der Waals surface area contributed by atoms with Crippen LogP contribution in [0.2, 0.25) is 0 Å². The van der Waals surface area contributed by atoms with Crippen molar-refractivity contribution in [2.24, 2.45) is 0 Å². The minimum absolute atomic E-state index is 0.408. The lowest BCUT2D eigenvalue weighted by atomic mass is 9.70. The molecule has 0 aromatic heterocycles. The van der Waals surface area contributed by atoms with Gasteiger partial charge in [0.2, 0.25) is 0 Å². The van der Waals surface area contributed by atoms with Gasteiger partial charge in [0.25, 0.3) is 0 Å². The Labute approximate surface area is 310 Å². The Morgan fingerprint density at radius 2 is 0.784 bits per heavy atom. The molecule has 51 heavy (non-hydrogen) atoms. The highest BCUT2D eigenvalue weighted by molar-refractivity contribution is 14.1. The van der Waals surface area contributed by atoms with E-state index in [9.17, 15) is 0 Å².